The van der Waals surface area contributed by atoms with Gasteiger partial charge >= 0.3 is 0 Å². The fraction of sp³-hybridized carbons (Fsp3) is 0.600. The van der Waals surface area contributed by atoms with Gasteiger partial charge in [0.1, 0.15) is 12.4 Å². The second-order valence-electron chi connectivity index (χ2n) is 5.16. The molecule has 18 heavy (non-hydrogen) atoms. The Morgan fingerprint density at radius 3 is 3.06 bits per heavy atom. The Labute approximate surface area is 110 Å². The summed E-state index contributed by atoms with van der Waals surface area (Å²) in [5.74, 6) is 0.873. The summed E-state index contributed by atoms with van der Waals surface area (Å²) < 4.78 is 5.76. The zero-order chi connectivity index (χ0) is 12.8. The van der Waals surface area contributed by atoms with Gasteiger partial charge in [-0.15, -0.1) is 0 Å². The van der Waals surface area contributed by atoms with Gasteiger partial charge in [-0.3, -0.25) is 4.90 Å². The van der Waals surface area contributed by atoms with Crippen LogP contribution in [0.1, 0.15) is 32.6 Å². The van der Waals surface area contributed by atoms with Crippen molar-refractivity contribution >= 4 is 5.69 Å². The predicted octanol–water partition coefficient (Wildman–Crippen LogP) is 2.91. The summed E-state index contributed by atoms with van der Waals surface area (Å²) in [6, 6.07) is 8.34. The van der Waals surface area contributed by atoms with E-state index in [1.54, 1.807) is 0 Å². The molecule has 3 nitrogen and oxygen atoms in total. The van der Waals surface area contributed by atoms with E-state index < -0.39 is 0 Å². The molecular weight excluding hydrogens is 224 g/mol. The SMILES string of the molecule is CC1CCCCCN1CCOc1cccc(N)c1. The summed E-state index contributed by atoms with van der Waals surface area (Å²) in [7, 11) is 0. The average molecular weight is 248 g/mol. The third-order valence-electron chi connectivity index (χ3n) is 3.70. The second-order valence-corrected chi connectivity index (χ2v) is 5.16. The lowest BCUT2D eigenvalue weighted by molar-refractivity contribution is 0.171. The van der Waals surface area contributed by atoms with Gasteiger partial charge in [0.15, 0.2) is 0 Å². The van der Waals surface area contributed by atoms with Crippen LogP contribution in [0.5, 0.6) is 5.75 Å². The highest BCUT2D eigenvalue weighted by Crippen LogP contribution is 2.17. The van der Waals surface area contributed by atoms with Crippen molar-refractivity contribution in [3.8, 4) is 5.75 Å². The van der Waals surface area contributed by atoms with Crippen molar-refractivity contribution in [1.29, 1.82) is 0 Å². The average Bonchev–Trinajstić information content (AvgIpc) is 2.55. The third-order valence-corrected chi connectivity index (χ3v) is 3.70. The lowest BCUT2D eigenvalue weighted by Crippen LogP contribution is -2.35. The van der Waals surface area contributed by atoms with Gasteiger partial charge in [0.2, 0.25) is 0 Å². The van der Waals surface area contributed by atoms with Crippen molar-refractivity contribution in [2.24, 2.45) is 0 Å². The molecule has 1 aromatic rings. The maximum Gasteiger partial charge on any atom is 0.121 e. The largest absolute Gasteiger partial charge is 0.492 e. The van der Waals surface area contributed by atoms with E-state index >= 15 is 0 Å². The van der Waals surface area contributed by atoms with Crippen molar-refractivity contribution in [3.05, 3.63) is 24.3 Å². The molecule has 0 aliphatic carbocycles. The molecule has 1 atom stereocenters. The smallest absolute Gasteiger partial charge is 0.121 e. The van der Waals surface area contributed by atoms with Crippen LogP contribution >= 0.6 is 0 Å². The van der Waals surface area contributed by atoms with Crippen LogP contribution in [-0.2, 0) is 0 Å². The Hall–Kier alpha value is -1.22. The van der Waals surface area contributed by atoms with E-state index in [0.717, 1.165) is 24.6 Å². The normalized spacial score (nSPS) is 21.5. The molecule has 0 spiro atoms. The minimum Gasteiger partial charge on any atom is -0.492 e. The molecule has 0 saturated carbocycles. The summed E-state index contributed by atoms with van der Waals surface area (Å²) in [6.45, 7) is 5.29. The minimum absolute atomic E-state index is 0.692. The van der Waals surface area contributed by atoms with Crippen LogP contribution in [0.2, 0.25) is 0 Å². The maximum atomic E-state index is 5.76. The zero-order valence-corrected chi connectivity index (χ0v) is 11.3. The van der Waals surface area contributed by atoms with Gasteiger partial charge in [0.25, 0.3) is 0 Å². The van der Waals surface area contributed by atoms with E-state index in [4.69, 9.17) is 10.5 Å². The van der Waals surface area contributed by atoms with Gasteiger partial charge < -0.3 is 10.5 Å². The van der Waals surface area contributed by atoms with Crippen LogP contribution in [0.3, 0.4) is 0 Å². The first kappa shape index (κ1) is 13.2. The number of nitrogens with two attached hydrogens (primary N) is 1. The first-order valence-electron chi connectivity index (χ1n) is 6.98. The highest BCUT2D eigenvalue weighted by Gasteiger charge is 2.16. The van der Waals surface area contributed by atoms with E-state index in [1.165, 1.54) is 32.2 Å². The van der Waals surface area contributed by atoms with Crippen LogP contribution in [-0.4, -0.2) is 30.6 Å². The molecule has 1 fully saturated rings. The summed E-state index contributed by atoms with van der Waals surface area (Å²) in [5, 5.41) is 0. The second kappa shape index (κ2) is 6.64. The molecular formula is C15H24N2O. The standard InChI is InChI=1S/C15H24N2O/c1-13-6-3-2-4-9-17(13)10-11-18-15-8-5-7-14(16)12-15/h5,7-8,12-13H,2-4,6,9-11,16H2,1H3. The van der Waals surface area contributed by atoms with Crippen molar-refractivity contribution in [3.63, 3.8) is 0 Å². The molecule has 0 bridgehead atoms. The molecule has 1 heterocycles. The van der Waals surface area contributed by atoms with Gasteiger partial charge in [0, 0.05) is 24.3 Å². The van der Waals surface area contributed by atoms with Crippen LogP contribution in [0.25, 0.3) is 0 Å². The zero-order valence-electron chi connectivity index (χ0n) is 11.3. The van der Waals surface area contributed by atoms with Crippen molar-refractivity contribution < 1.29 is 4.74 Å². The fourth-order valence-corrected chi connectivity index (χ4v) is 2.55. The molecule has 100 valence electrons. The first-order chi connectivity index (χ1) is 8.75. The van der Waals surface area contributed by atoms with Crippen LogP contribution in [0, 0.1) is 0 Å². The van der Waals surface area contributed by atoms with Crippen molar-refractivity contribution in [2.75, 3.05) is 25.4 Å². The molecule has 1 unspecified atom stereocenters. The predicted molar refractivity (Wildman–Crippen MR) is 75.9 cm³/mol. The Morgan fingerprint density at radius 2 is 2.22 bits per heavy atom. The molecule has 2 N–H and O–H groups in total. The quantitative estimate of drug-likeness (QED) is 0.833. The van der Waals surface area contributed by atoms with E-state index in [2.05, 4.69) is 11.8 Å². The molecule has 1 saturated heterocycles. The monoisotopic (exact) mass is 248 g/mol. The number of benzene rings is 1. The fourth-order valence-electron chi connectivity index (χ4n) is 2.55. The van der Waals surface area contributed by atoms with E-state index in [9.17, 15) is 0 Å². The highest BCUT2D eigenvalue weighted by molar-refractivity contribution is 5.43. The molecule has 0 radical (unpaired) electrons. The number of hydrogen-bond acceptors (Lipinski definition) is 3. The number of anilines is 1. The van der Waals surface area contributed by atoms with Gasteiger partial charge in [-0.05, 0) is 38.4 Å². The first-order valence-corrected chi connectivity index (χ1v) is 6.98. The number of hydrogen-bond donors (Lipinski definition) is 1. The highest BCUT2D eigenvalue weighted by atomic mass is 16.5. The van der Waals surface area contributed by atoms with E-state index in [0.29, 0.717) is 6.04 Å². The molecule has 1 aliphatic rings. The van der Waals surface area contributed by atoms with Crippen molar-refractivity contribution in [1.82, 2.24) is 4.90 Å². The van der Waals surface area contributed by atoms with Gasteiger partial charge in [0.05, 0.1) is 0 Å². The number of nitrogen functional groups attached to an aromatic ring is 1. The topological polar surface area (TPSA) is 38.5 Å². The van der Waals surface area contributed by atoms with Crippen LogP contribution in [0.15, 0.2) is 24.3 Å². The Kier molecular flexibility index (Phi) is 4.88. The Morgan fingerprint density at radius 1 is 1.33 bits per heavy atom. The lowest BCUT2D eigenvalue weighted by atomic mass is 10.1. The maximum absolute atomic E-state index is 5.76. The van der Waals surface area contributed by atoms with Gasteiger partial charge in [-0.1, -0.05) is 18.9 Å². The molecule has 1 aromatic carbocycles. The number of likely N-dealkylation sites (tertiary alicyclic amines) is 1. The summed E-state index contributed by atoms with van der Waals surface area (Å²) in [5.41, 5.74) is 6.49. The lowest BCUT2D eigenvalue weighted by Gasteiger charge is -2.26. The minimum atomic E-state index is 0.692. The number of nitrogens with zero attached hydrogens (tertiary/aromatic N) is 1. The van der Waals surface area contributed by atoms with E-state index in [1.807, 2.05) is 24.3 Å². The Bertz CT molecular complexity index is 367. The molecule has 2 rings (SSSR count). The number of ether oxygens (including phenoxy) is 1. The van der Waals surface area contributed by atoms with E-state index in [-0.39, 0.29) is 0 Å². The van der Waals surface area contributed by atoms with Gasteiger partial charge in [-0.2, -0.15) is 0 Å². The molecule has 0 amide bonds. The molecule has 1 aliphatic heterocycles. The van der Waals surface area contributed by atoms with Crippen LogP contribution < -0.4 is 10.5 Å². The third kappa shape index (κ3) is 3.91. The van der Waals surface area contributed by atoms with Crippen LogP contribution in [0.4, 0.5) is 5.69 Å². The summed E-state index contributed by atoms with van der Waals surface area (Å²) in [4.78, 5) is 2.54. The molecule has 3 heteroatoms. The summed E-state index contributed by atoms with van der Waals surface area (Å²) >= 11 is 0. The van der Waals surface area contributed by atoms with Crippen molar-refractivity contribution in [2.45, 2.75) is 38.6 Å². The van der Waals surface area contributed by atoms with Gasteiger partial charge in [-0.25, -0.2) is 0 Å². The summed E-state index contributed by atoms with van der Waals surface area (Å²) in [6.07, 6.45) is 5.38. The Balaban J connectivity index is 1.77. The number of rotatable bonds is 4. The molecule has 0 aromatic heterocycles.